The molecule has 152 valence electrons. The van der Waals surface area contributed by atoms with Crippen molar-refractivity contribution < 1.29 is 14.2 Å². The Morgan fingerprint density at radius 2 is 1.83 bits per heavy atom. The van der Waals surface area contributed by atoms with Crippen LogP contribution in [0, 0.1) is 25.2 Å². The van der Waals surface area contributed by atoms with E-state index in [0.29, 0.717) is 23.0 Å². The first-order valence-electron chi connectivity index (χ1n) is 9.45. The molecule has 1 aliphatic rings. The van der Waals surface area contributed by atoms with Crippen LogP contribution in [0.15, 0.2) is 53.9 Å². The Bertz CT molecular complexity index is 1190. The molecule has 0 radical (unpaired) electrons. The van der Waals surface area contributed by atoms with E-state index in [1.807, 2.05) is 56.3 Å². The summed E-state index contributed by atoms with van der Waals surface area (Å²) in [5.74, 6) is 1.15. The van der Waals surface area contributed by atoms with Gasteiger partial charge in [0.05, 0.1) is 37.1 Å². The largest absolute Gasteiger partial charge is 0.493 e. The Labute approximate surface area is 174 Å². The Morgan fingerprint density at radius 3 is 2.47 bits per heavy atom. The first-order valence-corrected chi connectivity index (χ1v) is 9.45. The van der Waals surface area contributed by atoms with E-state index >= 15 is 0 Å². The van der Waals surface area contributed by atoms with Crippen molar-refractivity contribution in [2.75, 3.05) is 14.2 Å². The molecule has 2 aromatic carbocycles. The number of aromatic nitrogens is 2. The van der Waals surface area contributed by atoms with Gasteiger partial charge in [-0.25, -0.2) is 4.68 Å². The standard InChI is InChI=1S/C23H22N4O3/c1-13-8-10-15(11-9-13)27-23-19(14(2)26-27)20(17(12-24)22(25)30-23)16-6-5-7-18(28-3)21(16)29-4/h5-11,20H,25H2,1-4H3/t20-/m1/s1. The molecule has 0 unspecified atom stereocenters. The van der Waals surface area contributed by atoms with Gasteiger partial charge in [0.2, 0.25) is 11.8 Å². The lowest BCUT2D eigenvalue weighted by Gasteiger charge is -2.26. The molecule has 0 amide bonds. The van der Waals surface area contributed by atoms with Crippen molar-refractivity contribution in [2.45, 2.75) is 19.8 Å². The monoisotopic (exact) mass is 402 g/mol. The van der Waals surface area contributed by atoms with Crippen molar-refractivity contribution in [1.29, 1.82) is 5.26 Å². The van der Waals surface area contributed by atoms with Gasteiger partial charge in [-0.15, -0.1) is 0 Å². The number of ether oxygens (including phenoxy) is 3. The number of nitrogens with zero attached hydrogens (tertiary/aromatic N) is 3. The van der Waals surface area contributed by atoms with Crippen LogP contribution >= 0.6 is 0 Å². The number of nitriles is 1. The summed E-state index contributed by atoms with van der Waals surface area (Å²) < 4.78 is 18.7. The number of fused-ring (bicyclic) bond motifs is 1. The molecule has 1 aliphatic heterocycles. The zero-order valence-electron chi connectivity index (χ0n) is 17.3. The van der Waals surface area contributed by atoms with Crippen molar-refractivity contribution >= 4 is 0 Å². The number of aryl methyl sites for hydroxylation is 2. The number of rotatable bonds is 4. The van der Waals surface area contributed by atoms with Crippen LogP contribution in [-0.2, 0) is 0 Å². The minimum atomic E-state index is -0.497. The van der Waals surface area contributed by atoms with E-state index in [4.69, 9.17) is 25.0 Å². The van der Waals surface area contributed by atoms with Crippen LogP contribution in [-0.4, -0.2) is 24.0 Å². The van der Waals surface area contributed by atoms with E-state index in [2.05, 4.69) is 6.07 Å². The summed E-state index contributed by atoms with van der Waals surface area (Å²) in [4.78, 5) is 0. The van der Waals surface area contributed by atoms with Crippen LogP contribution < -0.4 is 19.9 Å². The maximum atomic E-state index is 9.89. The third-order valence-corrected chi connectivity index (χ3v) is 5.26. The summed E-state index contributed by atoms with van der Waals surface area (Å²) in [7, 11) is 3.15. The first-order chi connectivity index (χ1) is 14.5. The summed E-state index contributed by atoms with van der Waals surface area (Å²) >= 11 is 0. The molecule has 3 aromatic rings. The maximum absolute atomic E-state index is 9.89. The zero-order chi connectivity index (χ0) is 21.4. The average Bonchev–Trinajstić information content (AvgIpc) is 3.08. The molecule has 2 heterocycles. The molecule has 4 rings (SSSR count). The van der Waals surface area contributed by atoms with E-state index in [0.717, 1.165) is 28.1 Å². The lowest BCUT2D eigenvalue weighted by atomic mass is 9.83. The summed E-state index contributed by atoms with van der Waals surface area (Å²) in [5.41, 5.74) is 10.8. The van der Waals surface area contributed by atoms with Crippen LogP contribution in [0.4, 0.5) is 0 Å². The minimum absolute atomic E-state index is 0.0492. The Morgan fingerprint density at radius 1 is 1.10 bits per heavy atom. The van der Waals surface area contributed by atoms with Gasteiger partial charge in [0.1, 0.15) is 11.6 Å². The Hall–Kier alpha value is -3.92. The van der Waals surface area contributed by atoms with Gasteiger partial charge in [0, 0.05) is 5.56 Å². The number of methoxy groups -OCH3 is 2. The molecule has 0 saturated carbocycles. The fraction of sp³-hybridized carbons (Fsp3) is 0.217. The van der Waals surface area contributed by atoms with Gasteiger partial charge in [-0.3, -0.25) is 0 Å². The van der Waals surface area contributed by atoms with Gasteiger partial charge in [0.25, 0.3) is 0 Å². The molecule has 0 spiro atoms. The summed E-state index contributed by atoms with van der Waals surface area (Å²) in [6.45, 7) is 3.91. The number of para-hydroxylation sites is 1. The molecule has 0 saturated heterocycles. The summed E-state index contributed by atoms with van der Waals surface area (Å²) in [5, 5.41) is 14.6. The Kier molecular flexibility index (Phi) is 4.84. The van der Waals surface area contributed by atoms with E-state index in [-0.39, 0.29) is 5.88 Å². The fourth-order valence-electron chi connectivity index (χ4n) is 3.83. The fourth-order valence-corrected chi connectivity index (χ4v) is 3.83. The number of nitrogens with two attached hydrogens (primary N) is 1. The van der Waals surface area contributed by atoms with Gasteiger partial charge in [-0.1, -0.05) is 29.8 Å². The molecule has 2 N–H and O–H groups in total. The molecule has 0 bridgehead atoms. The second-order valence-electron chi connectivity index (χ2n) is 7.06. The van der Waals surface area contributed by atoms with E-state index in [9.17, 15) is 5.26 Å². The van der Waals surface area contributed by atoms with E-state index in [1.165, 1.54) is 0 Å². The lowest BCUT2D eigenvalue weighted by Crippen LogP contribution is -2.22. The van der Waals surface area contributed by atoms with Gasteiger partial charge >= 0.3 is 0 Å². The van der Waals surface area contributed by atoms with Crippen LogP contribution in [0.3, 0.4) is 0 Å². The predicted octanol–water partition coefficient (Wildman–Crippen LogP) is 3.72. The molecule has 1 atom stereocenters. The summed E-state index contributed by atoms with van der Waals surface area (Å²) in [6.07, 6.45) is 0. The summed E-state index contributed by atoms with van der Waals surface area (Å²) in [6, 6.07) is 15.7. The number of allylic oxidation sites excluding steroid dienone is 1. The molecule has 0 aliphatic carbocycles. The molecule has 7 nitrogen and oxygen atoms in total. The topological polar surface area (TPSA) is 95.3 Å². The third kappa shape index (κ3) is 2.94. The first kappa shape index (κ1) is 19.4. The molecule has 1 aromatic heterocycles. The van der Waals surface area contributed by atoms with Crippen molar-refractivity contribution in [3.8, 4) is 29.1 Å². The predicted molar refractivity (Wildman–Crippen MR) is 112 cm³/mol. The smallest absolute Gasteiger partial charge is 0.229 e. The SMILES string of the molecule is COc1cccc([C@@H]2C(C#N)=C(N)Oc3c2c(C)nn3-c2ccc(C)cc2)c1OC. The highest BCUT2D eigenvalue weighted by molar-refractivity contribution is 5.62. The van der Waals surface area contributed by atoms with Gasteiger partial charge in [-0.05, 0) is 32.0 Å². The quantitative estimate of drug-likeness (QED) is 0.715. The average molecular weight is 402 g/mol. The van der Waals surface area contributed by atoms with Crippen molar-refractivity contribution in [2.24, 2.45) is 5.73 Å². The van der Waals surface area contributed by atoms with Crippen LogP contribution in [0.5, 0.6) is 17.4 Å². The lowest BCUT2D eigenvalue weighted by molar-refractivity contribution is 0.346. The van der Waals surface area contributed by atoms with Crippen molar-refractivity contribution in [3.63, 3.8) is 0 Å². The highest BCUT2D eigenvalue weighted by Crippen LogP contribution is 2.48. The van der Waals surface area contributed by atoms with Gasteiger partial charge < -0.3 is 19.9 Å². The van der Waals surface area contributed by atoms with E-state index in [1.54, 1.807) is 18.9 Å². The third-order valence-electron chi connectivity index (χ3n) is 5.26. The van der Waals surface area contributed by atoms with Crippen LogP contribution in [0.25, 0.3) is 5.69 Å². The minimum Gasteiger partial charge on any atom is -0.493 e. The number of hydrogen-bond donors (Lipinski definition) is 1. The van der Waals surface area contributed by atoms with Crippen LogP contribution in [0.2, 0.25) is 0 Å². The number of benzene rings is 2. The molecule has 30 heavy (non-hydrogen) atoms. The molecule has 7 heteroatoms. The number of hydrogen-bond acceptors (Lipinski definition) is 6. The normalized spacial score (nSPS) is 15.2. The van der Waals surface area contributed by atoms with Crippen molar-refractivity contribution in [1.82, 2.24) is 9.78 Å². The highest BCUT2D eigenvalue weighted by atomic mass is 16.5. The van der Waals surface area contributed by atoms with Gasteiger partial charge in [0.15, 0.2) is 11.5 Å². The maximum Gasteiger partial charge on any atom is 0.229 e. The van der Waals surface area contributed by atoms with Crippen molar-refractivity contribution in [3.05, 3.63) is 76.3 Å². The van der Waals surface area contributed by atoms with Crippen LogP contribution in [0.1, 0.15) is 28.3 Å². The highest BCUT2D eigenvalue weighted by Gasteiger charge is 2.38. The molecule has 0 fully saturated rings. The Balaban J connectivity index is 1.98. The molecular weight excluding hydrogens is 380 g/mol. The second kappa shape index (κ2) is 7.48. The molecular formula is C23H22N4O3. The van der Waals surface area contributed by atoms with Gasteiger partial charge in [-0.2, -0.15) is 10.4 Å². The zero-order valence-corrected chi connectivity index (χ0v) is 17.3. The second-order valence-corrected chi connectivity index (χ2v) is 7.06. The van der Waals surface area contributed by atoms with E-state index < -0.39 is 5.92 Å².